The van der Waals surface area contributed by atoms with Gasteiger partial charge in [-0.25, -0.2) is 9.18 Å². The molecule has 3 amide bonds. The lowest BCUT2D eigenvalue weighted by Crippen LogP contribution is -2.51. The summed E-state index contributed by atoms with van der Waals surface area (Å²) in [6.45, 7) is 8.55. The predicted octanol–water partition coefficient (Wildman–Crippen LogP) is 3.79. The normalized spacial score (nSPS) is 17.9. The van der Waals surface area contributed by atoms with Crippen LogP contribution in [-0.4, -0.2) is 49.1 Å². The average Bonchev–Trinajstić information content (AvgIpc) is 3.71. The first-order valence-electron chi connectivity index (χ1n) is 13.0. The van der Waals surface area contributed by atoms with Gasteiger partial charge in [-0.3, -0.25) is 9.59 Å². The summed E-state index contributed by atoms with van der Waals surface area (Å²) < 4.78 is 20.5. The van der Waals surface area contributed by atoms with Crippen LogP contribution in [0.5, 0.6) is 0 Å². The number of alkyl carbamates (subject to hydrolysis) is 1. The maximum absolute atomic E-state index is 15.1. The summed E-state index contributed by atoms with van der Waals surface area (Å²) in [5, 5.41) is 7.95. The monoisotopic (exact) mass is 513 g/mol. The summed E-state index contributed by atoms with van der Waals surface area (Å²) in [5.41, 5.74) is -1.06. The number of hydrogen-bond acceptors (Lipinski definition) is 5. The number of hydrogen-bond donors (Lipinski definition) is 3. The van der Waals surface area contributed by atoms with Crippen LogP contribution in [0.15, 0.2) is 18.2 Å². The van der Waals surface area contributed by atoms with Crippen molar-refractivity contribution in [2.75, 3.05) is 5.32 Å². The molecule has 1 aromatic rings. The Bertz CT molecular complexity index is 1020. The molecule has 10 heteroatoms. The Hall–Kier alpha value is -2.91. The number of amides is 3. The fourth-order valence-corrected chi connectivity index (χ4v) is 4.70. The maximum atomic E-state index is 15.1. The van der Waals surface area contributed by atoms with Crippen LogP contribution in [0.2, 0.25) is 0 Å². The van der Waals surface area contributed by atoms with Crippen LogP contribution in [-0.2, 0) is 19.1 Å². The molecule has 0 saturated heterocycles. The molecule has 2 radical (unpaired) electrons. The Morgan fingerprint density at radius 2 is 1.65 bits per heavy atom. The average molecular weight is 513 g/mol. The van der Waals surface area contributed by atoms with Gasteiger partial charge < -0.3 is 25.5 Å². The third-order valence-electron chi connectivity index (χ3n) is 6.89. The van der Waals surface area contributed by atoms with E-state index in [4.69, 9.17) is 12.6 Å². The smallest absolute Gasteiger partial charge is 0.408 e. The minimum atomic E-state index is -1.01. The van der Waals surface area contributed by atoms with Gasteiger partial charge in [-0.15, -0.1) is 0 Å². The second-order valence-corrected chi connectivity index (χ2v) is 11.2. The van der Waals surface area contributed by atoms with E-state index >= 15 is 4.39 Å². The van der Waals surface area contributed by atoms with Crippen LogP contribution in [0, 0.1) is 23.6 Å². The fourth-order valence-electron chi connectivity index (χ4n) is 4.70. The molecule has 0 aliphatic heterocycles. The Labute approximate surface area is 219 Å². The molecule has 2 fully saturated rings. The van der Waals surface area contributed by atoms with Crippen LogP contribution in [0.25, 0.3) is 0 Å². The third-order valence-corrected chi connectivity index (χ3v) is 6.89. The summed E-state index contributed by atoms with van der Waals surface area (Å²) in [6.07, 6.45) is 3.48. The first-order valence-corrected chi connectivity index (χ1v) is 13.0. The van der Waals surface area contributed by atoms with Crippen molar-refractivity contribution >= 4 is 37.1 Å². The summed E-state index contributed by atoms with van der Waals surface area (Å²) in [6, 6.07) is 2.34. The van der Waals surface area contributed by atoms with Crippen LogP contribution < -0.4 is 16.0 Å². The van der Waals surface area contributed by atoms with Crippen molar-refractivity contribution in [2.24, 2.45) is 17.8 Å². The lowest BCUT2D eigenvalue weighted by atomic mass is 9.83. The molecular weight excluding hydrogens is 476 g/mol. The zero-order valence-electron chi connectivity index (χ0n) is 22.2. The number of anilines is 1. The molecule has 0 unspecified atom stereocenters. The summed E-state index contributed by atoms with van der Waals surface area (Å²) in [4.78, 5) is 49.7. The molecule has 0 heterocycles. The molecule has 0 spiro atoms. The Morgan fingerprint density at radius 3 is 2.11 bits per heavy atom. The molecule has 8 nitrogen and oxygen atoms in total. The van der Waals surface area contributed by atoms with E-state index in [1.165, 1.54) is 12.1 Å². The summed E-state index contributed by atoms with van der Waals surface area (Å²) >= 11 is 0. The van der Waals surface area contributed by atoms with Gasteiger partial charge in [-0.1, -0.05) is 19.9 Å². The van der Waals surface area contributed by atoms with Crippen molar-refractivity contribution in [3.8, 4) is 0 Å². The molecule has 3 rings (SSSR count). The van der Waals surface area contributed by atoms with Crippen molar-refractivity contribution in [1.82, 2.24) is 10.6 Å². The molecule has 2 aliphatic rings. The molecule has 2 saturated carbocycles. The second-order valence-electron chi connectivity index (χ2n) is 11.2. The van der Waals surface area contributed by atoms with Crippen molar-refractivity contribution < 1.29 is 28.3 Å². The molecule has 2 aliphatic carbocycles. The highest BCUT2D eigenvalue weighted by Gasteiger charge is 2.48. The van der Waals surface area contributed by atoms with E-state index in [1.54, 1.807) is 40.7 Å². The van der Waals surface area contributed by atoms with E-state index in [0.29, 0.717) is 17.4 Å². The molecule has 37 heavy (non-hydrogen) atoms. The SMILES string of the molecule is [B]C(=O)[C@H](NC(=O)CC)[C@@H](C)c1ccc(NC(=O)[C@H](NC(=O)OC(C)(C)C)C(C2CC2)C2CC2)c(F)c1. The number of nitrogens with one attached hydrogen (secondary N) is 3. The highest BCUT2D eigenvalue weighted by Crippen LogP contribution is 2.51. The fraction of sp³-hybridized carbons (Fsp3) is 0.630. The van der Waals surface area contributed by atoms with Gasteiger partial charge in [0.05, 0.1) is 17.4 Å². The van der Waals surface area contributed by atoms with Crippen molar-refractivity contribution in [2.45, 2.75) is 90.3 Å². The standard InChI is InChI=1S/C27H37BFN3O5/c1-6-20(33)31-22(24(28)34)14(2)17-11-12-19(18(29)13-17)30-25(35)23(32-26(36)37-27(3,4)5)21(15-7-8-15)16-9-10-16/h11-16,21-23H,6-10H2,1-5H3,(H,30,35)(H,31,33)(H,32,36)/t14-,22+,23+/m0/s1. The lowest BCUT2D eigenvalue weighted by Gasteiger charge is -2.29. The van der Waals surface area contributed by atoms with E-state index in [-0.39, 0.29) is 23.9 Å². The van der Waals surface area contributed by atoms with E-state index in [1.807, 2.05) is 0 Å². The number of benzene rings is 1. The van der Waals surface area contributed by atoms with Gasteiger partial charge in [-0.05, 0) is 81.9 Å². The van der Waals surface area contributed by atoms with E-state index in [2.05, 4.69) is 16.0 Å². The Kier molecular flexibility index (Phi) is 9.02. The highest BCUT2D eigenvalue weighted by molar-refractivity contribution is 6.59. The van der Waals surface area contributed by atoms with Gasteiger partial charge in [-0.2, -0.15) is 0 Å². The van der Waals surface area contributed by atoms with Crippen molar-refractivity contribution in [1.29, 1.82) is 0 Å². The molecule has 1 aromatic carbocycles. The topological polar surface area (TPSA) is 114 Å². The second kappa shape index (κ2) is 11.6. The molecule has 200 valence electrons. The molecule has 3 atom stereocenters. The van der Waals surface area contributed by atoms with E-state index < -0.39 is 47.1 Å². The Balaban J connectivity index is 1.77. The zero-order chi connectivity index (χ0) is 27.5. The minimum Gasteiger partial charge on any atom is -0.444 e. The van der Waals surface area contributed by atoms with E-state index in [0.717, 1.165) is 25.7 Å². The van der Waals surface area contributed by atoms with Crippen LogP contribution >= 0.6 is 0 Å². The largest absolute Gasteiger partial charge is 0.444 e. The number of halogens is 1. The molecule has 0 aromatic heterocycles. The van der Waals surface area contributed by atoms with Gasteiger partial charge in [0.15, 0.2) is 7.85 Å². The molecule has 0 bridgehead atoms. The number of carbonyl (C=O) groups excluding carboxylic acids is 4. The van der Waals surface area contributed by atoms with Crippen LogP contribution in [0.1, 0.15) is 78.2 Å². The number of carbonyl (C=O) groups is 4. The van der Waals surface area contributed by atoms with Gasteiger partial charge in [0, 0.05) is 12.3 Å². The highest BCUT2D eigenvalue weighted by atomic mass is 19.1. The van der Waals surface area contributed by atoms with Gasteiger partial charge >= 0.3 is 6.09 Å². The summed E-state index contributed by atoms with van der Waals surface area (Å²) in [5.74, 6) is -1.49. The predicted molar refractivity (Wildman–Crippen MR) is 139 cm³/mol. The number of rotatable bonds is 11. The lowest BCUT2D eigenvalue weighted by molar-refractivity contribution is -0.125. The minimum absolute atomic E-state index is 0.0339. The Morgan fingerprint density at radius 1 is 1.05 bits per heavy atom. The molecular formula is C27H37BFN3O5. The van der Waals surface area contributed by atoms with Gasteiger partial charge in [0.25, 0.3) is 0 Å². The quantitative estimate of drug-likeness (QED) is 0.390. The van der Waals surface area contributed by atoms with Gasteiger partial charge in [0.2, 0.25) is 11.8 Å². The maximum Gasteiger partial charge on any atom is 0.408 e. The van der Waals surface area contributed by atoms with Gasteiger partial charge in [0.1, 0.15) is 17.5 Å². The third kappa shape index (κ3) is 8.04. The first-order chi connectivity index (χ1) is 17.3. The van der Waals surface area contributed by atoms with E-state index in [9.17, 15) is 19.2 Å². The van der Waals surface area contributed by atoms with Crippen LogP contribution in [0.3, 0.4) is 0 Å². The summed E-state index contributed by atoms with van der Waals surface area (Å²) in [7, 11) is 5.46. The first kappa shape index (κ1) is 28.7. The van der Waals surface area contributed by atoms with Crippen LogP contribution in [0.4, 0.5) is 14.9 Å². The van der Waals surface area contributed by atoms with Crippen molar-refractivity contribution in [3.05, 3.63) is 29.6 Å². The zero-order valence-corrected chi connectivity index (χ0v) is 22.2. The van der Waals surface area contributed by atoms with Crippen molar-refractivity contribution in [3.63, 3.8) is 0 Å². The molecule has 3 N–H and O–H groups in total. The number of ether oxygens (including phenoxy) is 1.